The predicted molar refractivity (Wildman–Crippen MR) is 136 cm³/mol. The summed E-state index contributed by atoms with van der Waals surface area (Å²) in [6, 6.07) is 5.06. The van der Waals surface area contributed by atoms with Crippen LogP contribution in [0.2, 0.25) is 0 Å². The molecule has 1 heterocycles. The summed E-state index contributed by atoms with van der Waals surface area (Å²) in [5.74, 6) is -0.224. The number of benzene rings is 1. The highest BCUT2D eigenvalue weighted by atomic mass is 32.2. The van der Waals surface area contributed by atoms with Gasteiger partial charge in [-0.05, 0) is 49.8 Å². The lowest BCUT2D eigenvalue weighted by atomic mass is 10.1. The lowest BCUT2D eigenvalue weighted by molar-refractivity contribution is -0.139. The van der Waals surface area contributed by atoms with Gasteiger partial charge in [-0.3, -0.25) is 9.48 Å². The lowest BCUT2D eigenvalue weighted by Crippen LogP contribution is -2.33. The van der Waals surface area contributed by atoms with E-state index in [2.05, 4.69) is 10.4 Å². The van der Waals surface area contributed by atoms with Crippen molar-refractivity contribution in [1.82, 2.24) is 20.0 Å². The number of nitriles is 1. The van der Waals surface area contributed by atoms with Gasteiger partial charge in [0.15, 0.2) is 9.84 Å². The Labute approximate surface area is 229 Å². The van der Waals surface area contributed by atoms with Gasteiger partial charge in [-0.15, -0.1) is 0 Å². The first-order chi connectivity index (χ1) is 18.6. The van der Waals surface area contributed by atoms with Crippen LogP contribution in [0.5, 0.6) is 0 Å². The zero-order valence-corrected chi connectivity index (χ0v) is 22.9. The van der Waals surface area contributed by atoms with Gasteiger partial charge < -0.3 is 20.1 Å². The zero-order valence-electron chi connectivity index (χ0n) is 22.1. The number of aromatic nitrogens is 2. The minimum absolute atomic E-state index is 0.0616. The van der Waals surface area contributed by atoms with Crippen molar-refractivity contribution in [3.05, 3.63) is 36.2 Å². The molecule has 0 bridgehead atoms. The van der Waals surface area contributed by atoms with E-state index in [9.17, 15) is 31.2 Å². The van der Waals surface area contributed by atoms with Crippen molar-refractivity contribution >= 4 is 21.8 Å². The summed E-state index contributed by atoms with van der Waals surface area (Å²) < 4.78 is 73.9. The topological polar surface area (TPSA) is 155 Å². The van der Waals surface area contributed by atoms with Crippen LogP contribution in [0.1, 0.15) is 37.7 Å². The fourth-order valence-corrected chi connectivity index (χ4v) is 6.24. The van der Waals surface area contributed by atoms with E-state index in [0.29, 0.717) is 24.8 Å². The molecule has 2 amide bonds. The van der Waals surface area contributed by atoms with Crippen molar-refractivity contribution in [3.63, 3.8) is 0 Å². The van der Waals surface area contributed by atoms with Crippen LogP contribution in [0.4, 0.5) is 18.0 Å². The van der Waals surface area contributed by atoms with Crippen LogP contribution in [-0.4, -0.2) is 78.3 Å². The van der Waals surface area contributed by atoms with Gasteiger partial charge in [0.05, 0.1) is 34.1 Å². The summed E-state index contributed by atoms with van der Waals surface area (Å²) in [7, 11) is 0.443. The van der Waals surface area contributed by atoms with Crippen molar-refractivity contribution in [3.8, 4) is 17.2 Å². The maximum Gasteiger partial charge on any atom is 0.417 e. The number of carbonyl (C=O) groups is 2. The molecule has 2 N–H and O–H groups in total. The highest BCUT2D eigenvalue weighted by molar-refractivity contribution is 7.92. The quantitative estimate of drug-likeness (QED) is 0.502. The predicted octanol–water partition coefficient (Wildman–Crippen LogP) is 3.31. The number of carboxylic acid groups (broad SMARTS) is 1. The van der Waals surface area contributed by atoms with Gasteiger partial charge in [0, 0.05) is 33.0 Å². The summed E-state index contributed by atoms with van der Waals surface area (Å²) in [6.07, 6.45) is -1.24. The monoisotopic (exact) mass is 585 g/mol. The minimum Gasteiger partial charge on any atom is -0.465 e. The Morgan fingerprint density at radius 1 is 1.27 bits per heavy atom. The fraction of sp³-hybridized carbons (Fsp3) is 0.520. The van der Waals surface area contributed by atoms with Gasteiger partial charge >= 0.3 is 12.3 Å². The van der Waals surface area contributed by atoms with Gasteiger partial charge in [0.25, 0.3) is 0 Å². The van der Waals surface area contributed by atoms with Gasteiger partial charge in [-0.1, -0.05) is 6.07 Å². The number of hydrogen-bond acceptors (Lipinski definition) is 7. The molecule has 0 unspecified atom stereocenters. The minimum atomic E-state index is -4.85. The van der Waals surface area contributed by atoms with E-state index in [1.54, 1.807) is 14.1 Å². The Morgan fingerprint density at radius 3 is 2.42 bits per heavy atom. The number of nitrogens with one attached hydrogen (secondary N) is 1. The third-order valence-corrected chi connectivity index (χ3v) is 9.05. The summed E-state index contributed by atoms with van der Waals surface area (Å²) in [5, 5.41) is 21.7. The van der Waals surface area contributed by atoms with E-state index >= 15 is 0 Å². The van der Waals surface area contributed by atoms with Crippen molar-refractivity contribution in [2.45, 2.75) is 66.6 Å². The molecule has 0 spiro atoms. The standard InChI is InChI=1S/C20H24F3N3O4S.C5H6N2O2/c1-25(2)19(27)12-26-11-14(10-24-26)13-4-7-18(17(8-13)20(21,22)23)31(28,29)16-6-5-15(9-16)30-3;6-3-5(1-2-5)7-4(8)9/h4,7-8,10-11,15-16H,5-6,9,12H2,1-3H3;7H,1-2H2,(H,8,9)/t15-,16-;/m0./s1. The normalized spacial score (nSPS) is 19.6. The maximum absolute atomic E-state index is 13.8. The smallest absolute Gasteiger partial charge is 0.417 e. The van der Waals surface area contributed by atoms with Crippen LogP contribution in [-0.2, 0) is 32.1 Å². The molecule has 0 radical (unpaired) electrons. The molecule has 218 valence electrons. The molecule has 15 heteroatoms. The third kappa shape index (κ3) is 7.30. The molecule has 0 saturated heterocycles. The number of nitrogens with zero attached hydrogens (tertiary/aromatic N) is 4. The Kier molecular flexibility index (Phi) is 9.15. The average Bonchev–Trinajstić information content (AvgIpc) is 3.27. The largest absolute Gasteiger partial charge is 0.465 e. The molecule has 4 rings (SSSR count). The second-order valence-electron chi connectivity index (χ2n) is 9.89. The van der Waals surface area contributed by atoms with Crippen molar-refractivity contribution in [2.24, 2.45) is 0 Å². The van der Waals surface area contributed by atoms with Crippen LogP contribution in [0.25, 0.3) is 11.1 Å². The van der Waals surface area contributed by atoms with Crippen LogP contribution >= 0.6 is 0 Å². The number of sulfone groups is 1. The first-order valence-electron chi connectivity index (χ1n) is 12.2. The van der Waals surface area contributed by atoms with Gasteiger partial charge in [0.1, 0.15) is 12.1 Å². The summed E-state index contributed by atoms with van der Waals surface area (Å²) >= 11 is 0. The van der Waals surface area contributed by atoms with E-state index in [1.807, 2.05) is 6.07 Å². The summed E-state index contributed by atoms with van der Waals surface area (Å²) in [4.78, 5) is 22.4. The Hall–Kier alpha value is -3.64. The molecule has 11 nitrogen and oxygen atoms in total. The number of rotatable bonds is 7. The molecule has 40 heavy (non-hydrogen) atoms. The highest BCUT2D eigenvalue weighted by Crippen LogP contribution is 2.40. The van der Waals surface area contributed by atoms with Crippen molar-refractivity contribution < 1.29 is 41.0 Å². The molecule has 2 fully saturated rings. The average molecular weight is 586 g/mol. The molecular weight excluding hydrogens is 555 g/mol. The second kappa shape index (κ2) is 11.8. The van der Waals surface area contributed by atoms with E-state index in [0.717, 1.165) is 12.1 Å². The molecule has 2 aliphatic rings. The highest BCUT2D eigenvalue weighted by Gasteiger charge is 2.45. The van der Waals surface area contributed by atoms with Crippen molar-refractivity contribution in [2.75, 3.05) is 21.2 Å². The number of alkyl halides is 3. The number of amides is 2. The van der Waals surface area contributed by atoms with Crippen molar-refractivity contribution in [1.29, 1.82) is 5.26 Å². The molecular formula is C25H30F3N5O6S. The summed E-state index contributed by atoms with van der Waals surface area (Å²) in [6.45, 7) is -0.0616. The molecule has 2 atom stereocenters. The fourth-order valence-electron chi connectivity index (χ4n) is 4.23. The third-order valence-electron chi connectivity index (χ3n) is 6.77. The lowest BCUT2D eigenvalue weighted by Gasteiger charge is -2.18. The van der Waals surface area contributed by atoms with E-state index in [1.165, 1.54) is 35.2 Å². The molecule has 2 aliphatic carbocycles. The van der Waals surface area contributed by atoms with Gasteiger partial charge in [-0.2, -0.15) is 23.5 Å². The molecule has 2 saturated carbocycles. The van der Waals surface area contributed by atoms with Crippen LogP contribution < -0.4 is 5.32 Å². The number of methoxy groups -OCH3 is 1. The zero-order chi connectivity index (χ0) is 29.9. The number of hydrogen-bond donors (Lipinski definition) is 2. The molecule has 1 aromatic heterocycles. The molecule has 2 aromatic rings. The number of carbonyl (C=O) groups excluding carboxylic acids is 1. The van der Waals surface area contributed by atoms with Crippen LogP contribution in [0.15, 0.2) is 35.5 Å². The Morgan fingerprint density at radius 2 is 1.95 bits per heavy atom. The number of likely N-dealkylation sites (N-methyl/N-ethyl adjacent to an activating group) is 1. The number of ether oxygens (including phenoxy) is 1. The first-order valence-corrected chi connectivity index (χ1v) is 13.8. The number of halogens is 3. The molecule has 0 aliphatic heterocycles. The maximum atomic E-state index is 13.8. The SMILES string of the molecule is CO[C@H]1CC[C@H](S(=O)(=O)c2ccc(-c3cnn(CC(=O)N(C)C)c3)cc2C(F)(F)F)C1.N#CC1(NC(=O)O)CC1. The van der Waals surface area contributed by atoms with E-state index in [-0.39, 0.29) is 37.0 Å². The van der Waals surface area contributed by atoms with Gasteiger partial charge in [-0.25, -0.2) is 13.2 Å². The first kappa shape index (κ1) is 30.9. The van der Waals surface area contributed by atoms with Crippen LogP contribution in [0, 0.1) is 11.3 Å². The summed E-state index contributed by atoms with van der Waals surface area (Å²) in [5.41, 5.74) is -1.42. The van der Waals surface area contributed by atoms with E-state index in [4.69, 9.17) is 15.1 Å². The van der Waals surface area contributed by atoms with Gasteiger partial charge in [0.2, 0.25) is 5.91 Å². The van der Waals surface area contributed by atoms with E-state index < -0.39 is 43.4 Å². The van der Waals surface area contributed by atoms with Crippen LogP contribution in [0.3, 0.4) is 0 Å². The molecule has 1 aromatic carbocycles. The Balaban J connectivity index is 0.000000415. The Bertz CT molecular complexity index is 1400. The second-order valence-corrected chi connectivity index (χ2v) is 12.1.